The van der Waals surface area contributed by atoms with E-state index in [4.69, 9.17) is 4.74 Å². The Hall–Kier alpha value is -1.14. The molecule has 0 fully saturated rings. The van der Waals surface area contributed by atoms with Gasteiger partial charge in [-0.1, -0.05) is 6.07 Å². The topological polar surface area (TPSA) is 29.5 Å². The molecule has 2 aromatic rings. The van der Waals surface area contributed by atoms with Crippen LogP contribution in [0.1, 0.15) is 18.6 Å². The first-order chi connectivity index (χ1) is 8.56. The number of rotatable bonds is 3. The van der Waals surface area contributed by atoms with Gasteiger partial charge in [-0.05, 0) is 65.9 Å². The average Bonchev–Trinajstić information content (AvgIpc) is 2.31. The van der Waals surface area contributed by atoms with Crippen molar-refractivity contribution in [2.45, 2.75) is 13.0 Å². The fraction of sp³-hybridized carbons (Fsp3) is 0.143. The summed E-state index contributed by atoms with van der Waals surface area (Å²) in [6, 6.07) is 11.6. The van der Waals surface area contributed by atoms with Gasteiger partial charge in [0.25, 0.3) is 0 Å². The van der Waals surface area contributed by atoms with E-state index in [0.29, 0.717) is 17.1 Å². The van der Waals surface area contributed by atoms with Crippen LogP contribution < -0.4 is 4.74 Å². The van der Waals surface area contributed by atoms with Crippen molar-refractivity contribution < 1.29 is 14.2 Å². The van der Waals surface area contributed by atoms with Gasteiger partial charge >= 0.3 is 0 Å². The number of aliphatic hydroxyl groups excluding tert-OH is 1. The highest BCUT2D eigenvalue weighted by molar-refractivity contribution is 14.1. The summed E-state index contributed by atoms with van der Waals surface area (Å²) in [6.07, 6.45) is -0.779. The van der Waals surface area contributed by atoms with Gasteiger partial charge in [0, 0.05) is 9.13 Å². The largest absolute Gasteiger partial charge is 0.457 e. The van der Waals surface area contributed by atoms with E-state index in [1.165, 1.54) is 18.2 Å². The maximum absolute atomic E-state index is 13.1. The molecule has 0 saturated carbocycles. The van der Waals surface area contributed by atoms with Crippen LogP contribution in [-0.4, -0.2) is 5.11 Å². The molecule has 94 valence electrons. The molecule has 18 heavy (non-hydrogen) atoms. The highest BCUT2D eigenvalue weighted by atomic mass is 127. The molecule has 4 heteroatoms. The second kappa shape index (κ2) is 5.67. The second-order valence-electron chi connectivity index (χ2n) is 3.92. The fourth-order valence-electron chi connectivity index (χ4n) is 1.60. The molecule has 0 amide bonds. The van der Waals surface area contributed by atoms with Crippen LogP contribution in [0.15, 0.2) is 42.5 Å². The van der Waals surface area contributed by atoms with Crippen molar-refractivity contribution in [3.8, 4) is 11.5 Å². The van der Waals surface area contributed by atoms with Gasteiger partial charge in [-0.25, -0.2) is 4.39 Å². The Kier molecular flexibility index (Phi) is 4.19. The second-order valence-corrected chi connectivity index (χ2v) is 5.16. The van der Waals surface area contributed by atoms with E-state index in [1.807, 2.05) is 24.3 Å². The Balaban J connectivity index is 2.34. The lowest BCUT2D eigenvalue weighted by Gasteiger charge is -2.13. The lowest BCUT2D eigenvalue weighted by atomic mass is 10.1. The predicted molar refractivity (Wildman–Crippen MR) is 76.3 cm³/mol. The van der Waals surface area contributed by atoms with Gasteiger partial charge in [0.2, 0.25) is 0 Å². The van der Waals surface area contributed by atoms with Crippen LogP contribution in [0.2, 0.25) is 0 Å². The summed E-state index contributed by atoms with van der Waals surface area (Å²) >= 11 is 2.19. The Morgan fingerprint density at radius 1 is 1.22 bits per heavy atom. The van der Waals surface area contributed by atoms with Crippen LogP contribution >= 0.6 is 22.6 Å². The lowest BCUT2D eigenvalue weighted by Crippen LogP contribution is -1.97. The normalized spacial score (nSPS) is 12.2. The maximum Gasteiger partial charge on any atom is 0.133 e. The van der Waals surface area contributed by atoms with E-state index >= 15 is 0 Å². The molecule has 0 heterocycles. The van der Waals surface area contributed by atoms with E-state index in [1.54, 1.807) is 6.92 Å². The monoisotopic (exact) mass is 358 g/mol. The number of halogens is 2. The average molecular weight is 358 g/mol. The summed E-state index contributed by atoms with van der Waals surface area (Å²) < 4.78 is 19.9. The zero-order valence-corrected chi connectivity index (χ0v) is 11.9. The maximum atomic E-state index is 13.1. The molecule has 0 aliphatic carbocycles. The number of benzene rings is 2. The SMILES string of the molecule is C[C@H](O)c1cc(F)ccc1Oc1cccc(I)c1. The molecule has 0 aliphatic rings. The first-order valence-corrected chi connectivity index (χ1v) is 6.55. The van der Waals surface area contributed by atoms with Gasteiger partial charge in [-0.3, -0.25) is 0 Å². The molecule has 2 rings (SSSR count). The van der Waals surface area contributed by atoms with Crippen molar-refractivity contribution in [2.75, 3.05) is 0 Å². The summed E-state index contributed by atoms with van der Waals surface area (Å²) in [6.45, 7) is 1.58. The van der Waals surface area contributed by atoms with Crippen LogP contribution in [0.4, 0.5) is 4.39 Å². The van der Waals surface area contributed by atoms with Crippen LogP contribution in [0, 0.1) is 9.39 Å². The molecule has 0 bridgehead atoms. The number of ether oxygens (including phenoxy) is 1. The molecular weight excluding hydrogens is 346 g/mol. The molecule has 1 atom stereocenters. The molecule has 0 saturated heterocycles. The zero-order valence-electron chi connectivity index (χ0n) is 9.73. The van der Waals surface area contributed by atoms with E-state index in [9.17, 15) is 9.50 Å². The minimum absolute atomic E-state index is 0.388. The quantitative estimate of drug-likeness (QED) is 0.831. The summed E-state index contributed by atoms with van der Waals surface area (Å²) in [5.41, 5.74) is 0.439. The standard InChI is InChI=1S/C14H12FIO2/c1-9(17)13-7-10(15)5-6-14(13)18-12-4-2-3-11(16)8-12/h2-9,17H,1H3/t9-/m0/s1. The zero-order chi connectivity index (χ0) is 13.1. The third kappa shape index (κ3) is 3.20. The van der Waals surface area contributed by atoms with E-state index in [2.05, 4.69) is 22.6 Å². The molecule has 0 aromatic heterocycles. The number of aliphatic hydroxyl groups is 1. The minimum Gasteiger partial charge on any atom is -0.457 e. The fourth-order valence-corrected chi connectivity index (χ4v) is 2.11. The Morgan fingerprint density at radius 2 is 2.00 bits per heavy atom. The lowest BCUT2D eigenvalue weighted by molar-refractivity contribution is 0.195. The highest BCUT2D eigenvalue weighted by Gasteiger charge is 2.11. The number of hydrogen-bond donors (Lipinski definition) is 1. The van der Waals surface area contributed by atoms with E-state index in [-0.39, 0.29) is 5.82 Å². The summed E-state index contributed by atoms with van der Waals surface area (Å²) in [7, 11) is 0. The predicted octanol–water partition coefficient (Wildman–Crippen LogP) is 4.28. The molecule has 2 aromatic carbocycles. The Bertz CT molecular complexity index is 555. The van der Waals surface area contributed by atoms with Gasteiger partial charge in [0.1, 0.15) is 17.3 Å². The van der Waals surface area contributed by atoms with Gasteiger partial charge in [-0.15, -0.1) is 0 Å². The minimum atomic E-state index is -0.779. The van der Waals surface area contributed by atoms with Gasteiger partial charge in [-0.2, -0.15) is 0 Å². The summed E-state index contributed by atoms with van der Waals surface area (Å²) in [5, 5.41) is 9.61. The molecule has 0 radical (unpaired) electrons. The molecule has 0 spiro atoms. The van der Waals surface area contributed by atoms with Crippen LogP contribution in [0.3, 0.4) is 0 Å². The molecule has 1 N–H and O–H groups in total. The van der Waals surface area contributed by atoms with E-state index < -0.39 is 6.10 Å². The van der Waals surface area contributed by atoms with Crippen LogP contribution in [-0.2, 0) is 0 Å². The molecule has 2 nitrogen and oxygen atoms in total. The summed E-state index contributed by atoms with van der Waals surface area (Å²) in [5.74, 6) is 0.740. The Labute approximate surface area is 119 Å². The molecular formula is C14H12FIO2. The van der Waals surface area contributed by atoms with Crippen molar-refractivity contribution in [1.29, 1.82) is 0 Å². The van der Waals surface area contributed by atoms with Crippen LogP contribution in [0.25, 0.3) is 0 Å². The molecule has 0 aliphatic heterocycles. The Morgan fingerprint density at radius 3 is 2.67 bits per heavy atom. The van der Waals surface area contributed by atoms with Crippen LogP contribution in [0.5, 0.6) is 11.5 Å². The first-order valence-electron chi connectivity index (χ1n) is 5.47. The highest BCUT2D eigenvalue weighted by Crippen LogP contribution is 2.30. The summed E-state index contributed by atoms with van der Waals surface area (Å²) in [4.78, 5) is 0. The van der Waals surface area contributed by atoms with Gasteiger partial charge < -0.3 is 9.84 Å². The van der Waals surface area contributed by atoms with E-state index in [0.717, 1.165) is 3.57 Å². The van der Waals surface area contributed by atoms with Gasteiger partial charge in [0.15, 0.2) is 0 Å². The smallest absolute Gasteiger partial charge is 0.133 e. The van der Waals surface area contributed by atoms with Crippen molar-refractivity contribution in [2.24, 2.45) is 0 Å². The third-order valence-corrected chi connectivity index (χ3v) is 3.12. The van der Waals surface area contributed by atoms with Crippen molar-refractivity contribution in [3.05, 3.63) is 57.4 Å². The van der Waals surface area contributed by atoms with Crippen molar-refractivity contribution in [1.82, 2.24) is 0 Å². The number of hydrogen-bond acceptors (Lipinski definition) is 2. The third-order valence-electron chi connectivity index (χ3n) is 2.45. The van der Waals surface area contributed by atoms with Crippen molar-refractivity contribution >= 4 is 22.6 Å². The molecule has 0 unspecified atom stereocenters. The van der Waals surface area contributed by atoms with Crippen molar-refractivity contribution in [3.63, 3.8) is 0 Å². The first kappa shape index (κ1) is 13.3. The van der Waals surface area contributed by atoms with Gasteiger partial charge in [0.05, 0.1) is 6.10 Å².